The van der Waals surface area contributed by atoms with Crippen LogP contribution in [0.2, 0.25) is 0 Å². The van der Waals surface area contributed by atoms with Gasteiger partial charge in [-0.2, -0.15) is 0 Å². The van der Waals surface area contributed by atoms with Crippen LogP contribution in [-0.4, -0.2) is 17.0 Å². The first-order chi connectivity index (χ1) is 9.66. The highest BCUT2D eigenvalue weighted by Gasteiger charge is 2.40. The largest absolute Gasteiger partial charge is 0.508 e. The fourth-order valence-electron chi connectivity index (χ4n) is 2.28. The molecular weight excluding hydrogens is 256 g/mol. The van der Waals surface area contributed by atoms with Crippen LogP contribution in [0.5, 0.6) is 5.75 Å². The van der Waals surface area contributed by atoms with Crippen molar-refractivity contribution in [2.24, 2.45) is 0 Å². The quantitative estimate of drug-likeness (QED) is 0.820. The van der Waals surface area contributed by atoms with Gasteiger partial charge in [-0.3, -0.25) is 15.0 Å². The SMILES string of the molecule is O=C1NC(=O)N(c2ccc(O)cc2)C1c1ccccc1. The number of hydrogen-bond acceptors (Lipinski definition) is 3. The molecule has 1 heterocycles. The van der Waals surface area contributed by atoms with Gasteiger partial charge < -0.3 is 5.11 Å². The maximum Gasteiger partial charge on any atom is 0.329 e. The van der Waals surface area contributed by atoms with Crippen molar-refractivity contribution in [3.8, 4) is 5.75 Å². The summed E-state index contributed by atoms with van der Waals surface area (Å²) in [5.41, 5.74) is 1.30. The van der Waals surface area contributed by atoms with E-state index >= 15 is 0 Å². The zero-order valence-electron chi connectivity index (χ0n) is 10.5. The van der Waals surface area contributed by atoms with Gasteiger partial charge in [0.05, 0.1) is 0 Å². The Bertz CT molecular complexity index is 653. The minimum Gasteiger partial charge on any atom is -0.508 e. The monoisotopic (exact) mass is 268 g/mol. The van der Waals surface area contributed by atoms with E-state index in [0.29, 0.717) is 5.69 Å². The number of nitrogens with one attached hydrogen (secondary N) is 1. The summed E-state index contributed by atoms with van der Waals surface area (Å²) in [6, 6.07) is 14.1. The van der Waals surface area contributed by atoms with E-state index in [4.69, 9.17) is 0 Å². The molecule has 2 N–H and O–H groups in total. The topological polar surface area (TPSA) is 69.6 Å². The molecule has 1 unspecified atom stereocenters. The summed E-state index contributed by atoms with van der Waals surface area (Å²) >= 11 is 0. The summed E-state index contributed by atoms with van der Waals surface area (Å²) in [4.78, 5) is 25.4. The van der Waals surface area contributed by atoms with Crippen molar-refractivity contribution in [1.82, 2.24) is 5.32 Å². The molecule has 1 aliphatic rings. The maximum atomic E-state index is 12.0. The molecule has 3 rings (SSSR count). The number of urea groups is 1. The van der Waals surface area contributed by atoms with Crippen LogP contribution in [-0.2, 0) is 4.79 Å². The highest BCUT2D eigenvalue weighted by Crippen LogP contribution is 2.31. The van der Waals surface area contributed by atoms with Crippen molar-refractivity contribution in [2.45, 2.75) is 6.04 Å². The van der Waals surface area contributed by atoms with Crippen molar-refractivity contribution >= 4 is 17.6 Å². The molecule has 100 valence electrons. The lowest BCUT2D eigenvalue weighted by Gasteiger charge is -2.22. The number of phenols is 1. The van der Waals surface area contributed by atoms with E-state index in [-0.39, 0.29) is 11.7 Å². The van der Waals surface area contributed by atoms with Crippen LogP contribution >= 0.6 is 0 Å². The fraction of sp³-hybridized carbons (Fsp3) is 0.0667. The van der Waals surface area contributed by atoms with Crippen LogP contribution < -0.4 is 10.2 Å². The van der Waals surface area contributed by atoms with E-state index in [9.17, 15) is 14.7 Å². The second-order valence-electron chi connectivity index (χ2n) is 4.49. The van der Waals surface area contributed by atoms with E-state index in [1.807, 2.05) is 18.2 Å². The molecule has 5 nitrogen and oxygen atoms in total. The Hall–Kier alpha value is -2.82. The molecule has 3 amide bonds. The third-order valence-electron chi connectivity index (χ3n) is 3.20. The first-order valence-corrected chi connectivity index (χ1v) is 6.15. The Kier molecular flexibility index (Phi) is 2.87. The second kappa shape index (κ2) is 4.70. The molecule has 1 fully saturated rings. The van der Waals surface area contributed by atoms with Crippen LogP contribution in [0.3, 0.4) is 0 Å². The minimum atomic E-state index is -0.687. The molecule has 0 spiro atoms. The number of anilines is 1. The summed E-state index contributed by atoms with van der Waals surface area (Å²) in [6.07, 6.45) is 0. The van der Waals surface area contributed by atoms with Crippen LogP contribution in [0.25, 0.3) is 0 Å². The Morgan fingerprint density at radius 1 is 0.950 bits per heavy atom. The molecule has 2 aromatic carbocycles. The van der Waals surface area contributed by atoms with Gasteiger partial charge in [0, 0.05) is 5.69 Å². The summed E-state index contributed by atoms with van der Waals surface area (Å²) in [5.74, 6) is -0.245. The predicted molar refractivity (Wildman–Crippen MR) is 73.3 cm³/mol. The average Bonchev–Trinajstić information content (AvgIpc) is 2.75. The number of hydrogen-bond donors (Lipinski definition) is 2. The van der Waals surface area contributed by atoms with Crippen LogP contribution in [0, 0.1) is 0 Å². The average molecular weight is 268 g/mol. The van der Waals surface area contributed by atoms with Gasteiger partial charge in [-0.15, -0.1) is 0 Å². The zero-order valence-corrected chi connectivity index (χ0v) is 10.5. The Balaban J connectivity index is 2.04. The van der Waals surface area contributed by atoms with Gasteiger partial charge >= 0.3 is 6.03 Å². The fourth-order valence-corrected chi connectivity index (χ4v) is 2.28. The number of carbonyl (C=O) groups excluding carboxylic acids is 2. The van der Waals surface area contributed by atoms with Crippen molar-refractivity contribution in [2.75, 3.05) is 4.90 Å². The molecule has 1 saturated heterocycles. The summed E-state index contributed by atoms with van der Waals surface area (Å²) in [6.45, 7) is 0. The third kappa shape index (κ3) is 1.99. The Morgan fingerprint density at radius 2 is 1.60 bits per heavy atom. The van der Waals surface area contributed by atoms with Crippen LogP contribution in [0.4, 0.5) is 10.5 Å². The lowest BCUT2D eigenvalue weighted by molar-refractivity contribution is -0.119. The normalized spacial score (nSPS) is 18.2. The third-order valence-corrected chi connectivity index (χ3v) is 3.20. The highest BCUT2D eigenvalue weighted by molar-refractivity contribution is 6.14. The lowest BCUT2D eigenvalue weighted by Crippen LogP contribution is -2.29. The van der Waals surface area contributed by atoms with Crippen molar-refractivity contribution < 1.29 is 14.7 Å². The predicted octanol–water partition coefficient (Wildman–Crippen LogP) is 2.19. The molecular formula is C15H12N2O3. The molecule has 0 aliphatic carbocycles. The van der Waals surface area contributed by atoms with E-state index in [0.717, 1.165) is 5.56 Å². The summed E-state index contributed by atoms with van der Waals surface area (Å²) in [7, 11) is 0. The highest BCUT2D eigenvalue weighted by atomic mass is 16.3. The lowest BCUT2D eigenvalue weighted by atomic mass is 10.1. The minimum absolute atomic E-state index is 0.107. The standard InChI is InChI=1S/C15H12N2O3/c18-12-8-6-11(7-9-12)17-13(14(19)16-15(17)20)10-4-2-1-3-5-10/h1-9,13,18H,(H,16,19,20). The molecule has 0 radical (unpaired) electrons. The number of phenolic OH excluding ortho intramolecular Hbond substituents is 1. The van der Waals surface area contributed by atoms with Gasteiger partial charge in [-0.1, -0.05) is 30.3 Å². The molecule has 0 aromatic heterocycles. The molecule has 20 heavy (non-hydrogen) atoms. The van der Waals surface area contributed by atoms with Gasteiger partial charge in [0.15, 0.2) is 0 Å². The van der Waals surface area contributed by atoms with Crippen molar-refractivity contribution in [3.05, 3.63) is 60.2 Å². The maximum absolute atomic E-state index is 12.0. The van der Waals surface area contributed by atoms with Crippen molar-refractivity contribution in [3.63, 3.8) is 0 Å². The van der Waals surface area contributed by atoms with Gasteiger partial charge in [0.25, 0.3) is 5.91 Å². The Labute approximate surface area is 115 Å². The number of amides is 3. The molecule has 1 atom stereocenters. The van der Waals surface area contributed by atoms with E-state index in [1.165, 1.54) is 17.0 Å². The van der Waals surface area contributed by atoms with Crippen LogP contribution in [0.1, 0.15) is 11.6 Å². The van der Waals surface area contributed by atoms with E-state index in [1.54, 1.807) is 24.3 Å². The number of nitrogens with zero attached hydrogens (tertiary/aromatic N) is 1. The number of imide groups is 1. The van der Waals surface area contributed by atoms with Gasteiger partial charge in [0.2, 0.25) is 0 Å². The number of benzene rings is 2. The second-order valence-corrected chi connectivity index (χ2v) is 4.49. The Morgan fingerprint density at radius 3 is 2.25 bits per heavy atom. The van der Waals surface area contributed by atoms with Gasteiger partial charge in [0.1, 0.15) is 11.8 Å². The smallest absolute Gasteiger partial charge is 0.329 e. The summed E-state index contributed by atoms with van der Waals surface area (Å²) in [5, 5.41) is 11.6. The van der Waals surface area contributed by atoms with Gasteiger partial charge in [-0.05, 0) is 29.8 Å². The molecule has 0 bridgehead atoms. The molecule has 1 aliphatic heterocycles. The molecule has 0 saturated carbocycles. The first-order valence-electron chi connectivity index (χ1n) is 6.15. The van der Waals surface area contributed by atoms with E-state index in [2.05, 4.69) is 5.32 Å². The number of carbonyl (C=O) groups is 2. The number of aromatic hydroxyl groups is 1. The van der Waals surface area contributed by atoms with Crippen LogP contribution in [0.15, 0.2) is 54.6 Å². The molecule has 5 heteroatoms. The molecule has 2 aromatic rings. The summed E-state index contributed by atoms with van der Waals surface area (Å²) < 4.78 is 0. The van der Waals surface area contributed by atoms with E-state index < -0.39 is 12.1 Å². The van der Waals surface area contributed by atoms with Gasteiger partial charge in [-0.25, -0.2) is 4.79 Å². The first kappa shape index (κ1) is 12.2. The van der Waals surface area contributed by atoms with Crippen molar-refractivity contribution in [1.29, 1.82) is 0 Å². The number of rotatable bonds is 2. The zero-order chi connectivity index (χ0) is 14.1.